The fourth-order valence-electron chi connectivity index (χ4n) is 3.00. The van der Waals surface area contributed by atoms with Gasteiger partial charge in [-0.15, -0.1) is 0 Å². The third-order valence-electron chi connectivity index (χ3n) is 4.69. The fourth-order valence-corrected chi connectivity index (χ4v) is 3.00. The molecule has 2 aromatic rings. The minimum Gasteiger partial charge on any atom is -0.507 e. The Labute approximate surface area is 190 Å². The molecule has 0 bridgehead atoms. The summed E-state index contributed by atoms with van der Waals surface area (Å²) in [5.74, 6) is -1.39. The molecule has 1 N–H and O–H groups in total. The van der Waals surface area contributed by atoms with Crippen molar-refractivity contribution in [2.24, 2.45) is 0 Å². The van der Waals surface area contributed by atoms with Crippen LogP contribution in [0.4, 0.5) is 17.6 Å². The Morgan fingerprint density at radius 3 is 2.36 bits per heavy atom. The van der Waals surface area contributed by atoms with Gasteiger partial charge in [0.2, 0.25) is 0 Å². The second kappa shape index (κ2) is 11.5. The Morgan fingerprint density at radius 2 is 1.79 bits per heavy atom. The molecule has 0 fully saturated rings. The molecule has 0 radical (unpaired) electrons. The van der Waals surface area contributed by atoms with Gasteiger partial charge in [0.25, 0.3) is 0 Å². The number of alkyl halides is 3. The van der Waals surface area contributed by atoms with Gasteiger partial charge in [0, 0.05) is 12.0 Å². The van der Waals surface area contributed by atoms with E-state index in [0.717, 1.165) is 5.57 Å². The number of ether oxygens (including phenoxy) is 2. The normalized spacial score (nSPS) is 11.5. The van der Waals surface area contributed by atoms with E-state index in [0.29, 0.717) is 5.56 Å². The first kappa shape index (κ1) is 26.0. The highest BCUT2D eigenvalue weighted by Gasteiger charge is 2.27. The molecule has 0 spiro atoms. The summed E-state index contributed by atoms with van der Waals surface area (Å²) in [6, 6.07) is 7.09. The highest BCUT2D eigenvalue weighted by atomic mass is 19.4. The number of hydrogen-bond donors (Lipinski definition) is 1. The molecule has 0 aromatic heterocycles. The first-order valence-electron chi connectivity index (χ1n) is 10.3. The van der Waals surface area contributed by atoms with E-state index in [-0.39, 0.29) is 47.6 Å². The van der Waals surface area contributed by atoms with E-state index in [9.17, 15) is 27.5 Å². The average Bonchev–Trinajstić information content (AvgIpc) is 2.74. The summed E-state index contributed by atoms with van der Waals surface area (Å²) in [6.07, 6.45) is -0.433. The lowest BCUT2D eigenvalue weighted by Crippen LogP contribution is -2.11. The summed E-state index contributed by atoms with van der Waals surface area (Å²) < 4.78 is 61.0. The standard InChI is InChI=1S/C25H26F4O4/c1-16(2)5-12-20-21(33-14-4-13-25(27,28)29)15-18(22(23(20)30)24(31)32-3)9-6-17-7-10-19(26)11-8-17/h5-11,15,30H,4,12-14H2,1-3H3/b9-6+. The van der Waals surface area contributed by atoms with E-state index in [1.807, 2.05) is 13.8 Å². The molecule has 2 aromatic carbocycles. The second-order valence-electron chi connectivity index (χ2n) is 7.60. The van der Waals surface area contributed by atoms with Gasteiger partial charge in [-0.1, -0.05) is 35.9 Å². The van der Waals surface area contributed by atoms with Crippen LogP contribution in [-0.2, 0) is 11.2 Å². The van der Waals surface area contributed by atoms with Crippen molar-refractivity contribution in [2.75, 3.05) is 13.7 Å². The number of rotatable bonds is 9. The number of allylic oxidation sites excluding steroid dienone is 2. The molecule has 0 atom stereocenters. The molecule has 33 heavy (non-hydrogen) atoms. The molecule has 0 saturated carbocycles. The molecular weight excluding hydrogens is 440 g/mol. The van der Waals surface area contributed by atoms with Crippen molar-refractivity contribution in [1.29, 1.82) is 0 Å². The van der Waals surface area contributed by atoms with Crippen LogP contribution in [0.1, 0.15) is 53.7 Å². The summed E-state index contributed by atoms with van der Waals surface area (Å²) in [5, 5.41) is 10.9. The molecular formula is C25H26F4O4. The molecule has 0 aliphatic carbocycles. The van der Waals surface area contributed by atoms with Crippen LogP contribution in [0.15, 0.2) is 42.0 Å². The predicted octanol–water partition coefficient (Wildman–Crippen LogP) is 6.72. The maximum Gasteiger partial charge on any atom is 0.389 e. The number of carbonyl (C=O) groups is 1. The monoisotopic (exact) mass is 466 g/mol. The van der Waals surface area contributed by atoms with Crippen LogP contribution >= 0.6 is 0 Å². The number of esters is 1. The molecule has 0 aliphatic heterocycles. The zero-order valence-corrected chi connectivity index (χ0v) is 18.6. The van der Waals surface area contributed by atoms with Crippen molar-refractivity contribution in [3.63, 3.8) is 0 Å². The van der Waals surface area contributed by atoms with Gasteiger partial charge in [-0.05, 0) is 56.0 Å². The highest BCUT2D eigenvalue weighted by molar-refractivity contribution is 5.98. The van der Waals surface area contributed by atoms with Crippen molar-refractivity contribution < 1.29 is 36.9 Å². The Kier molecular flexibility index (Phi) is 9.08. The Balaban J connectivity index is 2.50. The molecule has 0 saturated heterocycles. The number of methoxy groups -OCH3 is 1. The molecule has 178 valence electrons. The van der Waals surface area contributed by atoms with Crippen LogP contribution < -0.4 is 4.74 Å². The van der Waals surface area contributed by atoms with E-state index in [2.05, 4.69) is 0 Å². The molecule has 0 unspecified atom stereocenters. The SMILES string of the molecule is COC(=O)c1c(/C=C/c2ccc(F)cc2)cc(OCCCC(F)(F)F)c(CC=C(C)C)c1O. The first-order valence-corrected chi connectivity index (χ1v) is 10.3. The molecule has 8 heteroatoms. The van der Waals surface area contributed by atoms with E-state index in [1.54, 1.807) is 12.2 Å². The number of phenolic OH excluding ortho intramolecular Hbond substituents is 1. The lowest BCUT2D eigenvalue weighted by Gasteiger charge is -2.17. The van der Waals surface area contributed by atoms with Gasteiger partial charge >= 0.3 is 12.1 Å². The van der Waals surface area contributed by atoms with E-state index < -0.39 is 24.4 Å². The molecule has 0 aliphatic rings. The zero-order valence-electron chi connectivity index (χ0n) is 18.6. The predicted molar refractivity (Wildman–Crippen MR) is 119 cm³/mol. The third-order valence-corrected chi connectivity index (χ3v) is 4.69. The summed E-state index contributed by atoms with van der Waals surface area (Å²) >= 11 is 0. The van der Waals surface area contributed by atoms with Gasteiger partial charge in [0.15, 0.2) is 0 Å². The minimum atomic E-state index is -4.30. The van der Waals surface area contributed by atoms with Crippen molar-refractivity contribution in [2.45, 2.75) is 39.3 Å². The minimum absolute atomic E-state index is 0.101. The Bertz CT molecular complexity index is 1020. The van der Waals surface area contributed by atoms with Crippen molar-refractivity contribution in [3.05, 3.63) is 70.1 Å². The summed E-state index contributed by atoms with van der Waals surface area (Å²) in [7, 11) is 1.17. The summed E-state index contributed by atoms with van der Waals surface area (Å²) in [5.41, 5.74) is 1.99. The van der Waals surface area contributed by atoms with Crippen LogP contribution in [0.25, 0.3) is 12.2 Å². The van der Waals surface area contributed by atoms with Gasteiger partial charge < -0.3 is 14.6 Å². The van der Waals surface area contributed by atoms with Gasteiger partial charge in [-0.25, -0.2) is 9.18 Å². The second-order valence-corrected chi connectivity index (χ2v) is 7.60. The topological polar surface area (TPSA) is 55.8 Å². The number of halogens is 4. The summed E-state index contributed by atoms with van der Waals surface area (Å²) in [4.78, 5) is 12.4. The van der Waals surface area contributed by atoms with Crippen molar-refractivity contribution >= 4 is 18.1 Å². The molecule has 2 rings (SSSR count). The largest absolute Gasteiger partial charge is 0.507 e. The van der Waals surface area contributed by atoms with Crippen molar-refractivity contribution in [1.82, 2.24) is 0 Å². The van der Waals surface area contributed by atoms with Crippen LogP contribution in [0.5, 0.6) is 11.5 Å². The van der Waals surface area contributed by atoms with Crippen molar-refractivity contribution in [3.8, 4) is 11.5 Å². The number of phenols is 1. The number of hydrogen-bond acceptors (Lipinski definition) is 4. The molecule has 4 nitrogen and oxygen atoms in total. The maximum absolute atomic E-state index is 13.2. The number of carbonyl (C=O) groups excluding carboxylic acids is 1. The highest BCUT2D eigenvalue weighted by Crippen LogP contribution is 2.37. The lowest BCUT2D eigenvalue weighted by molar-refractivity contribution is -0.136. The smallest absolute Gasteiger partial charge is 0.389 e. The molecule has 0 heterocycles. The van der Waals surface area contributed by atoms with E-state index >= 15 is 0 Å². The number of aromatic hydroxyl groups is 1. The van der Waals surface area contributed by atoms with E-state index in [1.165, 1.54) is 43.5 Å². The zero-order chi connectivity index (χ0) is 24.6. The first-order chi connectivity index (χ1) is 15.5. The Hall–Kier alpha value is -3.29. The third kappa shape index (κ3) is 7.97. The Morgan fingerprint density at radius 1 is 1.12 bits per heavy atom. The van der Waals surface area contributed by atoms with Crippen LogP contribution in [-0.4, -0.2) is 31.0 Å². The van der Waals surface area contributed by atoms with Crippen LogP contribution in [0, 0.1) is 5.82 Å². The maximum atomic E-state index is 13.2. The number of benzene rings is 2. The van der Waals surface area contributed by atoms with Gasteiger partial charge in [-0.2, -0.15) is 13.2 Å². The lowest BCUT2D eigenvalue weighted by atomic mass is 9.97. The van der Waals surface area contributed by atoms with E-state index in [4.69, 9.17) is 9.47 Å². The molecule has 0 amide bonds. The van der Waals surface area contributed by atoms with Gasteiger partial charge in [-0.3, -0.25) is 0 Å². The van der Waals surface area contributed by atoms with Gasteiger partial charge in [0.1, 0.15) is 22.9 Å². The van der Waals surface area contributed by atoms with Gasteiger partial charge in [0.05, 0.1) is 13.7 Å². The van der Waals surface area contributed by atoms with Crippen LogP contribution in [0.3, 0.4) is 0 Å². The average molecular weight is 466 g/mol. The summed E-state index contributed by atoms with van der Waals surface area (Å²) in [6.45, 7) is 3.48. The quantitative estimate of drug-likeness (QED) is 0.147. The fraction of sp³-hybridized carbons (Fsp3) is 0.320. The van der Waals surface area contributed by atoms with Crippen LogP contribution in [0.2, 0.25) is 0 Å².